The molecule has 1 atom stereocenters. The highest BCUT2D eigenvalue weighted by Crippen LogP contribution is 2.12. The first-order valence-corrected chi connectivity index (χ1v) is 6.22. The van der Waals surface area contributed by atoms with E-state index in [1.54, 1.807) is 24.3 Å². The van der Waals surface area contributed by atoms with Crippen LogP contribution >= 0.6 is 0 Å². The Hall–Kier alpha value is -2.53. The Morgan fingerprint density at radius 1 is 1.05 bits per heavy atom. The lowest BCUT2D eigenvalue weighted by atomic mass is 10.1. The summed E-state index contributed by atoms with van der Waals surface area (Å²) in [7, 11) is 0. The van der Waals surface area contributed by atoms with Crippen molar-refractivity contribution in [2.45, 2.75) is 12.5 Å². The number of carboxylic acid groups (broad SMARTS) is 1. The van der Waals surface area contributed by atoms with Crippen molar-refractivity contribution < 1.29 is 15.0 Å². The topological polar surface area (TPSA) is 81.6 Å². The molecular formula is C15H16N2O3. The van der Waals surface area contributed by atoms with Gasteiger partial charge in [0, 0.05) is 12.1 Å². The Morgan fingerprint density at radius 3 is 2.30 bits per heavy atom. The highest BCUT2D eigenvalue weighted by Gasteiger charge is 2.17. The molecule has 0 saturated heterocycles. The van der Waals surface area contributed by atoms with Crippen LogP contribution in [0.4, 0.5) is 5.69 Å². The Kier molecular flexibility index (Phi) is 4.57. The number of phenolic OH excluding ortho intramolecular Hbond substituents is 1. The van der Waals surface area contributed by atoms with Gasteiger partial charge in [-0.25, -0.2) is 5.43 Å². The van der Waals surface area contributed by atoms with Gasteiger partial charge in [0.15, 0.2) is 0 Å². The largest absolute Gasteiger partial charge is 0.508 e. The molecule has 5 heteroatoms. The minimum Gasteiger partial charge on any atom is -0.508 e. The Balaban J connectivity index is 1.97. The number of hydrazine groups is 1. The number of rotatable bonds is 6. The van der Waals surface area contributed by atoms with Gasteiger partial charge < -0.3 is 15.6 Å². The molecule has 0 bridgehead atoms. The third kappa shape index (κ3) is 4.00. The van der Waals surface area contributed by atoms with Gasteiger partial charge in [-0.3, -0.25) is 4.79 Å². The van der Waals surface area contributed by atoms with Crippen LogP contribution in [0.15, 0.2) is 54.6 Å². The molecule has 1 unspecified atom stereocenters. The fourth-order valence-electron chi connectivity index (χ4n) is 1.76. The number of aliphatic carboxylic acids is 1. The molecular weight excluding hydrogens is 256 g/mol. The van der Waals surface area contributed by atoms with Gasteiger partial charge in [0.25, 0.3) is 0 Å². The van der Waals surface area contributed by atoms with Gasteiger partial charge in [0.05, 0.1) is 0 Å². The predicted molar refractivity (Wildman–Crippen MR) is 76.4 cm³/mol. The average molecular weight is 272 g/mol. The monoisotopic (exact) mass is 272 g/mol. The standard InChI is InChI=1S/C15H16N2O3/c18-13-8-6-11(7-9-13)10-14(15(19)20)17-16-12-4-2-1-3-5-12/h1-9,14,16-18H,10H2,(H,19,20). The van der Waals surface area contributed by atoms with Gasteiger partial charge in [-0.05, 0) is 29.8 Å². The summed E-state index contributed by atoms with van der Waals surface area (Å²) < 4.78 is 0. The lowest BCUT2D eigenvalue weighted by Crippen LogP contribution is -2.41. The second kappa shape index (κ2) is 6.58. The van der Waals surface area contributed by atoms with E-state index in [2.05, 4.69) is 10.9 Å². The molecule has 2 rings (SSSR count). The van der Waals surface area contributed by atoms with Crippen LogP contribution in [0.5, 0.6) is 5.75 Å². The van der Waals surface area contributed by atoms with Crippen molar-refractivity contribution in [2.75, 3.05) is 5.43 Å². The summed E-state index contributed by atoms with van der Waals surface area (Å²) in [6.45, 7) is 0. The molecule has 0 spiro atoms. The molecule has 0 heterocycles. The minimum atomic E-state index is -0.943. The van der Waals surface area contributed by atoms with Crippen LogP contribution in [0.1, 0.15) is 5.56 Å². The van der Waals surface area contributed by atoms with Gasteiger partial charge >= 0.3 is 5.97 Å². The van der Waals surface area contributed by atoms with E-state index >= 15 is 0 Å². The number of para-hydroxylation sites is 1. The van der Waals surface area contributed by atoms with E-state index in [9.17, 15) is 15.0 Å². The van der Waals surface area contributed by atoms with E-state index in [1.807, 2.05) is 30.3 Å². The highest BCUT2D eigenvalue weighted by molar-refractivity contribution is 5.74. The zero-order valence-electron chi connectivity index (χ0n) is 10.8. The first-order valence-electron chi connectivity index (χ1n) is 6.22. The maximum atomic E-state index is 11.2. The molecule has 4 N–H and O–H groups in total. The summed E-state index contributed by atoms with van der Waals surface area (Å²) in [6.07, 6.45) is 0.315. The van der Waals surface area contributed by atoms with E-state index in [1.165, 1.54) is 0 Å². The van der Waals surface area contributed by atoms with Crippen molar-refractivity contribution in [3.63, 3.8) is 0 Å². The second-order valence-electron chi connectivity index (χ2n) is 4.40. The van der Waals surface area contributed by atoms with Crippen LogP contribution in [0.2, 0.25) is 0 Å². The summed E-state index contributed by atoms with van der Waals surface area (Å²) in [5.74, 6) is -0.780. The summed E-state index contributed by atoms with van der Waals surface area (Å²) in [6, 6.07) is 15.0. The number of carboxylic acids is 1. The maximum absolute atomic E-state index is 11.2. The lowest BCUT2D eigenvalue weighted by molar-refractivity contribution is -0.139. The van der Waals surface area contributed by atoms with Crippen LogP contribution in [0, 0.1) is 0 Å². The van der Waals surface area contributed by atoms with E-state index in [4.69, 9.17) is 0 Å². The van der Waals surface area contributed by atoms with Gasteiger partial charge in [0.1, 0.15) is 11.8 Å². The highest BCUT2D eigenvalue weighted by atomic mass is 16.4. The number of aromatic hydroxyl groups is 1. The summed E-state index contributed by atoms with van der Waals surface area (Å²) in [4.78, 5) is 11.2. The molecule has 0 aliphatic carbocycles. The number of carbonyl (C=O) groups is 1. The molecule has 104 valence electrons. The number of hydrogen-bond acceptors (Lipinski definition) is 4. The van der Waals surface area contributed by atoms with E-state index in [0.29, 0.717) is 6.42 Å². The SMILES string of the molecule is O=C(O)C(Cc1ccc(O)cc1)NNc1ccccc1. The summed E-state index contributed by atoms with van der Waals surface area (Å²) in [5, 5.41) is 18.4. The van der Waals surface area contributed by atoms with Crippen LogP contribution in [0.25, 0.3) is 0 Å². The molecule has 2 aromatic rings. The van der Waals surface area contributed by atoms with E-state index in [-0.39, 0.29) is 5.75 Å². The van der Waals surface area contributed by atoms with Crippen molar-refractivity contribution in [3.05, 3.63) is 60.2 Å². The number of anilines is 1. The smallest absolute Gasteiger partial charge is 0.322 e. The van der Waals surface area contributed by atoms with E-state index in [0.717, 1.165) is 11.3 Å². The van der Waals surface area contributed by atoms with Gasteiger partial charge in [-0.1, -0.05) is 30.3 Å². The number of hydrogen-bond donors (Lipinski definition) is 4. The molecule has 0 aliphatic heterocycles. The van der Waals surface area contributed by atoms with Crippen LogP contribution < -0.4 is 10.9 Å². The van der Waals surface area contributed by atoms with Crippen LogP contribution in [-0.2, 0) is 11.2 Å². The quantitative estimate of drug-likeness (QED) is 0.605. The zero-order valence-corrected chi connectivity index (χ0v) is 10.8. The number of benzene rings is 2. The lowest BCUT2D eigenvalue weighted by Gasteiger charge is -2.16. The second-order valence-corrected chi connectivity index (χ2v) is 4.40. The molecule has 0 aromatic heterocycles. The molecule has 0 amide bonds. The van der Waals surface area contributed by atoms with Crippen molar-refractivity contribution in [2.24, 2.45) is 0 Å². The fourth-order valence-corrected chi connectivity index (χ4v) is 1.76. The van der Waals surface area contributed by atoms with E-state index < -0.39 is 12.0 Å². The van der Waals surface area contributed by atoms with Crippen molar-refractivity contribution in [1.29, 1.82) is 0 Å². The Morgan fingerprint density at radius 2 is 1.70 bits per heavy atom. The summed E-state index contributed by atoms with van der Waals surface area (Å²) in [5.41, 5.74) is 7.29. The predicted octanol–water partition coefficient (Wildman–Crippen LogP) is 2.00. The number of phenols is 1. The summed E-state index contributed by atoms with van der Waals surface area (Å²) >= 11 is 0. The Labute approximate surface area is 116 Å². The number of nitrogens with one attached hydrogen (secondary N) is 2. The molecule has 0 aliphatic rings. The zero-order chi connectivity index (χ0) is 14.4. The van der Waals surface area contributed by atoms with Crippen LogP contribution in [-0.4, -0.2) is 22.2 Å². The molecule has 0 radical (unpaired) electrons. The average Bonchev–Trinajstić information content (AvgIpc) is 2.46. The molecule has 0 fully saturated rings. The fraction of sp³-hybridized carbons (Fsp3) is 0.133. The van der Waals surface area contributed by atoms with Crippen molar-refractivity contribution in [1.82, 2.24) is 5.43 Å². The van der Waals surface area contributed by atoms with Crippen molar-refractivity contribution in [3.8, 4) is 5.75 Å². The molecule has 0 saturated carbocycles. The molecule has 2 aromatic carbocycles. The van der Waals surface area contributed by atoms with Crippen LogP contribution in [0.3, 0.4) is 0 Å². The first-order chi connectivity index (χ1) is 9.65. The van der Waals surface area contributed by atoms with Crippen molar-refractivity contribution >= 4 is 11.7 Å². The first kappa shape index (κ1) is 13.9. The third-order valence-corrected chi connectivity index (χ3v) is 2.84. The Bertz CT molecular complexity index is 555. The normalized spacial score (nSPS) is 11.8. The maximum Gasteiger partial charge on any atom is 0.322 e. The third-order valence-electron chi connectivity index (χ3n) is 2.84. The van der Waals surface area contributed by atoms with Gasteiger partial charge in [-0.2, -0.15) is 0 Å². The van der Waals surface area contributed by atoms with Gasteiger partial charge in [0.2, 0.25) is 0 Å². The van der Waals surface area contributed by atoms with Gasteiger partial charge in [-0.15, -0.1) is 0 Å². The molecule has 5 nitrogen and oxygen atoms in total. The molecule has 20 heavy (non-hydrogen) atoms. The minimum absolute atomic E-state index is 0.163.